The van der Waals surface area contributed by atoms with Gasteiger partial charge in [-0.25, -0.2) is 0 Å². The Morgan fingerprint density at radius 2 is 1.92 bits per heavy atom. The molecular weight excluding hydrogens is 160 g/mol. The van der Waals surface area contributed by atoms with Gasteiger partial charge in [0.15, 0.2) is 0 Å². The van der Waals surface area contributed by atoms with Gasteiger partial charge in [-0.05, 0) is 18.6 Å². The molecule has 0 aromatic carbocycles. The largest absolute Gasteiger partial charge is 0.262 e. The summed E-state index contributed by atoms with van der Waals surface area (Å²) in [6.45, 7) is 6.04. The van der Waals surface area contributed by atoms with Crippen LogP contribution in [0.15, 0.2) is 30.7 Å². The van der Waals surface area contributed by atoms with Gasteiger partial charge in [0.25, 0.3) is 0 Å². The molecule has 0 N–H and O–H groups in total. The molecule has 0 aliphatic rings. The number of nitrogens with zero attached hydrogens (tertiary/aromatic N) is 2. The lowest BCUT2D eigenvalue weighted by Gasteiger charge is -1.97. The number of hydrogen-bond donors (Lipinski definition) is 0. The highest BCUT2D eigenvalue weighted by Crippen LogP contribution is 2.12. The molecule has 2 aromatic heterocycles. The molecule has 0 saturated heterocycles. The maximum absolute atomic E-state index is 4.18. The Balaban J connectivity index is 0.000000396. The highest BCUT2D eigenvalue weighted by Gasteiger charge is 1.94. The van der Waals surface area contributed by atoms with Crippen molar-refractivity contribution in [3.8, 4) is 0 Å². The summed E-state index contributed by atoms with van der Waals surface area (Å²) in [7, 11) is 0. The monoisotopic (exact) mass is 174 g/mol. The predicted octanol–water partition coefficient (Wildman–Crippen LogP) is 2.96. The summed E-state index contributed by atoms with van der Waals surface area (Å²) in [5.74, 6) is 0. The molecule has 2 rings (SSSR count). The molecule has 2 heteroatoms. The SMILES string of the molecule is CC.Cc1cncc2ncccc12. The van der Waals surface area contributed by atoms with Crippen LogP contribution in [-0.2, 0) is 0 Å². The quantitative estimate of drug-likeness (QED) is 0.613. The number of pyridine rings is 2. The second-order valence-corrected chi connectivity index (χ2v) is 2.53. The van der Waals surface area contributed by atoms with Gasteiger partial charge in [0.1, 0.15) is 0 Å². The van der Waals surface area contributed by atoms with E-state index in [4.69, 9.17) is 0 Å². The molecule has 0 radical (unpaired) electrons. The molecule has 68 valence electrons. The third kappa shape index (κ3) is 2.02. The molecule has 0 fully saturated rings. The molecule has 0 amide bonds. The van der Waals surface area contributed by atoms with Crippen molar-refractivity contribution < 1.29 is 0 Å². The third-order valence-electron chi connectivity index (χ3n) is 1.73. The van der Waals surface area contributed by atoms with E-state index in [0.29, 0.717) is 0 Å². The summed E-state index contributed by atoms with van der Waals surface area (Å²) in [5, 5.41) is 1.18. The first kappa shape index (κ1) is 9.65. The zero-order chi connectivity index (χ0) is 9.68. The van der Waals surface area contributed by atoms with Crippen molar-refractivity contribution in [2.24, 2.45) is 0 Å². The minimum Gasteiger partial charge on any atom is -0.262 e. The highest BCUT2D eigenvalue weighted by atomic mass is 14.7. The molecule has 0 unspecified atom stereocenters. The summed E-state index contributed by atoms with van der Waals surface area (Å²) in [6, 6.07) is 3.99. The number of aromatic nitrogens is 2. The minimum absolute atomic E-state index is 0.965. The Hall–Kier alpha value is -1.44. The maximum Gasteiger partial charge on any atom is 0.0887 e. The van der Waals surface area contributed by atoms with Crippen LogP contribution in [0.25, 0.3) is 10.9 Å². The van der Waals surface area contributed by atoms with Crippen molar-refractivity contribution in [1.29, 1.82) is 0 Å². The van der Waals surface area contributed by atoms with Crippen molar-refractivity contribution in [3.05, 3.63) is 36.3 Å². The van der Waals surface area contributed by atoms with Gasteiger partial charge in [-0.2, -0.15) is 0 Å². The zero-order valence-electron chi connectivity index (χ0n) is 8.28. The van der Waals surface area contributed by atoms with Crippen LogP contribution in [0.5, 0.6) is 0 Å². The number of rotatable bonds is 0. The highest BCUT2D eigenvalue weighted by molar-refractivity contribution is 5.80. The van der Waals surface area contributed by atoms with E-state index in [2.05, 4.69) is 16.0 Å². The average Bonchev–Trinajstić information content (AvgIpc) is 2.22. The van der Waals surface area contributed by atoms with Crippen LogP contribution >= 0.6 is 0 Å². The summed E-state index contributed by atoms with van der Waals surface area (Å²) >= 11 is 0. The third-order valence-corrected chi connectivity index (χ3v) is 1.73. The summed E-state index contributed by atoms with van der Waals surface area (Å²) in [6.07, 6.45) is 5.41. The molecule has 0 spiro atoms. The second-order valence-electron chi connectivity index (χ2n) is 2.53. The van der Waals surface area contributed by atoms with Gasteiger partial charge in [0.05, 0.1) is 11.7 Å². The van der Waals surface area contributed by atoms with Crippen molar-refractivity contribution in [2.45, 2.75) is 20.8 Å². The van der Waals surface area contributed by atoms with Gasteiger partial charge in [0.2, 0.25) is 0 Å². The lowest BCUT2D eigenvalue weighted by atomic mass is 10.2. The lowest BCUT2D eigenvalue weighted by molar-refractivity contribution is 1.27. The fourth-order valence-corrected chi connectivity index (χ4v) is 1.14. The second kappa shape index (κ2) is 4.55. The van der Waals surface area contributed by atoms with Gasteiger partial charge in [-0.1, -0.05) is 19.9 Å². The molecule has 2 nitrogen and oxygen atoms in total. The Bertz CT molecular complexity index is 377. The fraction of sp³-hybridized carbons (Fsp3) is 0.273. The Morgan fingerprint density at radius 3 is 2.62 bits per heavy atom. The molecule has 2 aromatic rings. The Kier molecular flexibility index (Phi) is 3.38. The first-order valence-corrected chi connectivity index (χ1v) is 4.53. The Labute approximate surface area is 78.7 Å². The van der Waals surface area contributed by atoms with Gasteiger partial charge >= 0.3 is 0 Å². The van der Waals surface area contributed by atoms with E-state index in [0.717, 1.165) is 5.52 Å². The van der Waals surface area contributed by atoms with Crippen molar-refractivity contribution in [2.75, 3.05) is 0 Å². The topological polar surface area (TPSA) is 25.8 Å². The standard InChI is InChI=1S/C9H8N2.C2H6/c1-7-5-10-6-9-8(7)3-2-4-11-9;1-2/h2-6H,1H3;1-2H3. The van der Waals surface area contributed by atoms with Gasteiger partial charge in [-0.3, -0.25) is 9.97 Å². The van der Waals surface area contributed by atoms with Crippen LogP contribution < -0.4 is 0 Å². The minimum atomic E-state index is 0.965. The molecule has 13 heavy (non-hydrogen) atoms. The van der Waals surface area contributed by atoms with Crippen molar-refractivity contribution >= 4 is 10.9 Å². The van der Waals surface area contributed by atoms with Gasteiger partial charge in [0, 0.05) is 17.8 Å². The van der Waals surface area contributed by atoms with E-state index in [1.807, 2.05) is 33.0 Å². The summed E-state index contributed by atoms with van der Waals surface area (Å²) in [4.78, 5) is 8.23. The molecule has 0 aliphatic heterocycles. The molecule has 2 heterocycles. The van der Waals surface area contributed by atoms with Crippen molar-refractivity contribution in [1.82, 2.24) is 9.97 Å². The maximum atomic E-state index is 4.18. The van der Waals surface area contributed by atoms with E-state index >= 15 is 0 Å². The first-order valence-electron chi connectivity index (χ1n) is 4.53. The van der Waals surface area contributed by atoms with Crippen LogP contribution in [0, 0.1) is 6.92 Å². The van der Waals surface area contributed by atoms with Crippen LogP contribution in [0.2, 0.25) is 0 Å². The van der Waals surface area contributed by atoms with E-state index in [1.54, 1.807) is 12.4 Å². The number of aryl methyl sites for hydroxylation is 1. The van der Waals surface area contributed by atoms with Crippen LogP contribution in [0.3, 0.4) is 0 Å². The fourth-order valence-electron chi connectivity index (χ4n) is 1.14. The molecule has 0 atom stereocenters. The van der Waals surface area contributed by atoms with Crippen LogP contribution in [0.1, 0.15) is 19.4 Å². The summed E-state index contributed by atoms with van der Waals surface area (Å²) in [5.41, 5.74) is 2.14. The number of fused-ring (bicyclic) bond motifs is 1. The predicted molar refractivity (Wildman–Crippen MR) is 55.6 cm³/mol. The molecule has 0 bridgehead atoms. The molecule has 0 saturated carbocycles. The van der Waals surface area contributed by atoms with E-state index in [9.17, 15) is 0 Å². The van der Waals surface area contributed by atoms with E-state index in [1.165, 1.54) is 10.9 Å². The lowest BCUT2D eigenvalue weighted by Crippen LogP contribution is -1.82. The zero-order valence-corrected chi connectivity index (χ0v) is 8.28. The smallest absolute Gasteiger partial charge is 0.0887 e. The molecular formula is C11H14N2. The molecule has 0 aliphatic carbocycles. The van der Waals surface area contributed by atoms with Crippen LogP contribution in [-0.4, -0.2) is 9.97 Å². The van der Waals surface area contributed by atoms with Crippen molar-refractivity contribution in [3.63, 3.8) is 0 Å². The van der Waals surface area contributed by atoms with Crippen LogP contribution in [0.4, 0.5) is 0 Å². The average molecular weight is 174 g/mol. The first-order chi connectivity index (χ1) is 6.38. The van der Waals surface area contributed by atoms with Gasteiger partial charge in [-0.15, -0.1) is 0 Å². The normalized spacial score (nSPS) is 9.15. The van der Waals surface area contributed by atoms with E-state index in [-0.39, 0.29) is 0 Å². The van der Waals surface area contributed by atoms with Gasteiger partial charge < -0.3 is 0 Å². The Morgan fingerprint density at radius 1 is 1.15 bits per heavy atom. The number of hydrogen-bond acceptors (Lipinski definition) is 2. The summed E-state index contributed by atoms with van der Waals surface area (Å²) < 4.78 is 0. The van der Waals surface area contributed by atoms with E-state index < -0.39 is 0 Å².